The summed E-state index contributed by atoms with van der Waals surface area (Å²) in [5.74, 6) is 0. The summed E-state index contributed by atoms with van der Waals surface area (Å²) in [7, 11) is 0. The number of hydrogen-bond acceptors (Lipinski definition) is 2. The van der Waals surface area contributed by atoms with Crippen LogP contribution < -0.4 is 16.0 Å². The summed E-state index contributed by atoms with van der Waals surface area (Å²) >= 11 is 0. The molecule has 1 aromatic carbocycles. The number of benzene rings is 1. The Morgan fingerprint density at radius 2 is 2.40 bits per heavy atom. The third-order valence-corrected chi connectivity index (χ3v) is 2.65. The van der Waals surface area contributed by atoms with Crippen molar-refractivity contribution < 1.29 is 4.79 Å². The minimum absolute atomic E-state index is 0.0348. The van der Waals surface area contributed by atoms with E-state index in [-0.39, 0.29) is 12.1 Å². The first-order valence-electron chi connectivity index (χ1n) is 5.14. The Balaban J connectivity index is 2.21. The molecule has 4 heteroatoms. The van der Waals surface area contributed by atoms with Gasteiger partial charge in [0.1, 0.15) is 0 Å². The van der Waals surface area contributed by atoms with Gasteiger partial charge in [-0.05, 0) is 24.6 Å². The fourth-order valence-electron chi connectivity index (χ4n) is 1.75. The van der Waals surface area contributed by atoms with Gasteiger partial charge in [-0.15, -0.1) is 0 Å². The van der Waals surface area contributed by atoms with Crippen molar-refractivity contribution in [1.29, 1.82) is 0 Å². The van der Waals surface area contributed by atoms with E-state index in [1.165, 1.54) is 0 Å². The highest BCUT2D eigenvalue weighted by atomic mass is 16.2. The van der Waals surface area contributed by atoms with E-state index in [1.54, 1.807) is 4.90 Å². The lowest BCUT2D eigenvalue weighted by Gasteiger charge is -2.14. The average Bonchev–Trinajstić information content (AvgIpc) is 2.60. The lowest BCUT2D eigenvalue weighted by Crippen LogP contribution is -2.28. The molecule has 4 nitrogen and oxygen atoms in total. The number of nitrogens with one attached hydrogen (secondary N) is 1. The number of nitrogens with zero attached hydrogens (tertiary/aromatic N) is 1. The maximum Gasteiger partial charge on any atom is 0.322 e. The molecule has 1 aromatic rings. The van der Waals surface area contributed by atoms with E-state index in [4.69, 9.17) is 5.73 Å². The standard InChI is InChI=1S/C11H15N3O/c1-2-9-7-14(11(15)13-9)10-5-3-4-8(12)6-10/h3-6,9H,2,7,12H2,1H3,(H,13,15). The number of hydrogen-bond donors (Lipinski definition) is 2. The van der Waals surface area contributed by atoms with Gasteiger partial charge in [0.15, 0.2) is 0 Å². The van der Waals surface area contributed by atoms with Crippen molar-refractivity contribution in [2.24, 2.45) is 0 Å². The number of nitrogen functional groups attached to an aromatic ring is 1. The fourth-order valence-corrected chi connectivity index (χ4v) is 1.75. The molecule has 1 atom stereocenters. The Morgan fingerprint density at radius 1 is 1.60 bits per heavy atom. The molecule has 2 rings (SSSR count). The highest BCUT2D eigenvalue weighted by molar-refractivity contribution is 5.94. The van der Waals surface area contributed by atoms with Crippen LogP contribution in [0.5, 0.6) is 0 Å². The van der Waals surface area contributed by atoms with Crippen LogP contribution in [0.3, 0.4) is 0 Å². The number of rotatable bonds is 2. The molecule has 0 aliphatic carbocycles. The third-order valence-electron chi connectivity index (χ3n) is 2.65. The summed E-state index contributed by atoms with van der Waals surface area (Å²) in [4.78, 5) is 13.4. The second-order valence-corrected chi connectivity index (χ2v) is 3.76. The fraction of sp³-hybridized carbons (Fsp3) is 0.364. The van der Waals surface area contributed by atoms with Crippen molar-refractivity contribution in [2.75, 3.05) is 17.2 Å². The summed E-state index contributed by atoms with van der Waals surface area (Å²) in [6, 6.07) is 7.60. The van der Waals surface area contributed by atoms with Gasteiger partial charge < -0.3 is 11.1 Å². The van der Waals surface area contributed by atoms with Gasteiger partial charge in [-0.25, -0.2) is 4.79 Å². The lowest BCUT2D eigenvalue weighted by atomic mass is 10.2. The van der Waals surface area contributed by atoms with Gasteiger partial charge in [0.2, 0.25) is 0 Å². The molecule has 80 valence electrons. The van der Waals surface area contributed by atoms with Crippen LogP contribution in [0.15, 0.2) is 24.3 Å². The Labute approximate surface area is 89.1 Å². The van der Waals surface area contributed by atoms with Crippen LogP contribution in [0, 0.1) is 0 Å². The van der Waals surface area contributed by atoms with Gasteiger partial charge in [-0.3, -0.25) is 4.90 Å². The molecule has 0 saturated carbocycles. The molecule has 1 unspecified atom stereocenters. The quantitative estimate of drug-likeness (QED) is 0.720. The largest absolute Gasteiger partial charge is 0.399 e. The van der Waals surface area contributed by atoms with Crippen molar-refractivity contribution in [3.63, 3.8) is 0 Å². The van der Waals surface area contributed by atoms with E-state index >= 15 is 0 Å². The highest BCUT2D eigenvalue weighted by Gasteiger charge is 2.28. The van der Waals surface area contributed by atoms with Crippen molar-refractivity contribution in [3.05, 3.63) is 24.3 Å². The van der Waals surface area contributed by atoms with E-state index < -0.39 is 0 Å². The maximum absolute atomic E-state index is 11.6. The normalized spacial score (nSPS) is 20.5. The predicted octanol–water partition coefficient (Wildman–Crippen LogP) is 1.58. The monoisotopic (exact) mass is 205 g/mol. The Hall–Kier alpha value is -1.71. The van der Waals surface area contributed by atoms with Crippen LogP contribution in [0.25, 0.3) is 0 Å². The second-order valence-electron chi connectivity index (χ2n) is 3.76. The minimum Gasteiger partial charge on any atom is -0.399 e. The highest BCUT2D eigenvalue weighted by Crippen LogP contribution is 2.21. The van der Waals surface area contributed by atoms with Gasteiger partial charge >= 0.3 is 6.03 Å². The Kier molecular flexibility index (Phi) is 2.49. The van der Waals surface area contributed by atoms with Crippen LogP contribution in [0.4, 0.5) is 16.2 Å². The molecule has 1 aliphatic rings. The summed E-state index contributed by atoms with van der Waals surface area (Å²) in [6.45, 7) is 2.78. The lowest BCUT2D eigenvalue weighted by molar-refractivity contribution is 0.250. The first-order valence-corrected chi connectivity index (χ1v) is 5.14. The molecule has 3 N–H and O–H groups in total. The van der Waals surface area contributed by atoms with Gasteiger partial charge in [0.25, 0.3) is 0 Å². The molecule has 0 spiro atoms. The number of amides is 2. The molecule has 0 aromatic heterocycles. The number of carbonyl (C=O) groups is 1. The number of urea groups is 1. The molecule has 2 amide bonds. The summed E-state index contributed by atoms with van der Waals surface area (Å²) in [5, 5.41) is 2.92. The third kappa shape index (κ3) is 1.88. The molecule has 15 heavy (non-hydrogen) atoms. The van der Waals surface area contributed by atoms with Crippen LogP contribution in [0.2, 0.25) is 0 Å². The zero-order chi connectivity index (χ0) is 10.8. The maximum atomic E-state index is 11.6. The van der Waals surface area contributed by atoms with Crippen LogP contribution in [-0.2, 0) is 0 Å². The van der Waals surface area contributed by atoms with Crippen molar-refractivity contribution >= 4 is 17.4 Å². The number of carbonyl (C=O) groups excluding carboxylic acids is 1. The molecular weight excluding hydrogens is 190 g/mol. The molecule has 1 aliphatic heterocycles. The van der Waals surface area contributed by atoms with Crippen LogP contribution in [0.1, 0.15) is 13.3 Å². The van der Waals surface area contributed by atoms with E-state index in [0.29, 0.717) is 5.69 Å². The summed E-state index contributed by atoms with van der Waals surface area (Å²) in [5.41, 5.74) is 7.23. The van der Waals surface area contributed by atoms with Crippen molar-refractivity contribution in [3.8, 4) is 0 Å². The van der Waals surface area contributed by atoms with Gasteiger partial charge in [-0.1, -0.05) is 13.0 Å². The zero-order valence-electron chi connectivity index (χ0n) is 8.73. The van der Waals surface area contributed by atoms with Crippen LogP contribution >= 0.6 is 0 Å². The first-order chi connectivity index (χ1) is 7.20. The number of nitrogens with two attached hydrogens (primary N) is 1. The Bertz CT molecular complexity index is 378. The zero-order valence-corrected chi connectivity index (χ0v) is 8.73. The summed E-state index contributed by atoms with van der Waals surface area (Å²) < 4.78 is 0. The van der Waals surface area contributed by atoms with E-state index in [1.807, 2.05) is 24.3 Å². The Morgan fingerprint density at radius 3 is 3.00 bits per heavy atom. The summed E-state index contributed by atoms with van der Waals surface area (Å²) in [6.07, 6.45) is 0.949. The molecule has 1 heterocycles. The van der Waals surface area contributed by atoms with Gasteiger partial charge in [0, 0.05) is 24.0 Å². The second kappa shape index (κ2) is 3.81. The van der Waals surface area contributed by atoms with E-state index in [2.05, 4.69) is 12.2 Å². The van der Waals surface area contributed by atoms with E-state index in [0.717, 1.165) is 18.7 Å². The molecule has 0 radical (unpaired) electrons. The minimum atomic E-state index is -0.0348. The molecular formula is C11H15N3O. The van der Waals surface area contributed by atoms with Gasteiger partial charge in [-0.2, -0.15) is 0 Å². The topological polar surface area (TPSA) is 58.4 Å². The smallest absolute Gasteiger partial charge is 0.322 e. The van der Waals surface area contributed by atoms with Gasteiger partial charge in [0.05, 0.1) is 0 Å². The first kappa shape index (κ1) is 9.83. The SMILES string of the molecule is CCC1CN(c2cccc(N)c2)C(=O)N1. The average molecular weight is 205 g/mol. The molecule has 1 fully saturated rings. The van der Waals surface area contributed by atoms with Crippen LogP contribution in [-0.4, -0.2) is 18.6 Å². The van der Waals surface area contributed by atoms with Crippen molar-refractivity contribution in [2.45, 2.75) is 19.4 Å². The van der Waals surface area contributed by atoms with E-state index in [9.17, 15) is 4.79 Å². The molecule has 0 bridgehead atoms. The predicted molar refractivity (Wildman–Crippen MR) is 60.8 cm³/mol. The molecule has 1 saturated heterocycles. The van der Waals surface area contributed by atoms with Crippen molar-refractivity contribution in [1.82, 2.24) is 5.32 Å². The number of anilines is 2.